The van der Waals surface area contributed by atoms with Crippen LogP contribution in [0.2, 0.25) is 0 Å². The molecule has 82 valence electrons. The predicted octanol–water partition coefficient (Wildman–Crippen LogP) is 2.82. The molecule has 0 spiro atoms. The number of halogens is 1. The SMILES string of the molecule is [2H]C([2H])([2H])[C@H](CCCCl)NC(=O)c1ccccc1. The number of nitrogens with one attached hydrogen (secondary N) is 1. The number of carbonyl (C=O) groups excluding carboxylic acids is 1. The quantitative estimate of drug-likeness (QED) is 0.772. The van der Waals surface area contributed by atoms with Crippen LogP contribution in [0.15, 0.2) is 30.3 Å². The average Bonchev–Trinajstić information content (AvgIpc) is 2.34. The first-order valence-electron chi connectivity index (χ1n) is 6.37. The van der Waals surface area contributed by atoms with Gasteiger partial charge in [-0.1, -0.05) is 18.2 Å². The number of alkyl halides is 1. The van der Waals surface area contributed by atoms with E-state index in [1.807, 2.05) is 0 Å². The highest BCUT2D eigenvalue weighted by molar-refractivity contribution is 6.17. The van der Waals surface area contributed by atoms with Gasteiger partial charge in [-0.25, -0.2) is 0 Å². The number of hydrogen-bond acceptors (Lipinski definition) is 1. The molecule has 15 heavy (non-hydrogen) atoms. The van der Waals surface area contributed by atoms with Crippen molar-refractivity contribution in [2.45, 2.75) is 25.7 Å². The van der Waals surface area contributed by atoms with Gasteiger partial charge in [0.2, 0.25) is 0 Å². The van der Waals surface area contributed by atoms with Gasteiger partial charge >= 0.3 is 0 Å². The second-order valence-corrected chi connectivity index (χ2v) is 3.60. The Balaban J connectivity index is 2.69. The van der Waals surface area contributed by atoms with Crippen molar-refractivity contribution in [3.05, 3.63) is 35.9 Å². The van der Waals surface area contributed by atoms with Crippen LogP contribution in [0.5, 0.6) is 0 Å². The molecule has 0 aromatic heterocycles. The molecular formula is C12H16ClNO. The van der Waals surface area contributed by atoms with Crippen LogP contribution in [-0.2, 0) is 0 Å². The lowest BCUT2D eigenvalue weighted by atomic mass is 10.1. The van der Waals surface area contributed by atoms with E-state index < -0.39 is 12.9 Å². The maximum atomic E-state index is 11.9. The first-order chi connectivity index (χ1) is 8.45. The van der Waals surface area contributed by atoms with Crippen LogP contribution < -0.4 is 5.32 Å². The molecule has 0 saturated carbocycles. The van der Waals surface area contributed by atoms with Gasteiger partial charge in [0.1, 0.15) is 0 Å². The zero-order chi connectivity index (χ0) is 13.6. The van der Waals surface area contributed by atoms with Crippen molar-refractivity contribution >= 4 is 17.5 Å². The second kappa shape index (κ2) is 6.46. The Bertz CT molecular complexity index is 381. The van der Waals surface area contributed by atoms with Gasteiger partial charge in [-0.15, -0.1) is 11.6 Å². The molecule has 0 saturated heterocycles. The summed E-state index contributed by atoms with van der Waals surface area (Å²) in [5, 5.41) is 2.55. The molecule has 1 rings (SSSR count). The van der Waals surface area contributed by atoms with Gasteiger partial charge in [0, 0.05) is 21.6 Å². The fourth-order valence-electron chi connectivity index (χ4n) is 1.18. The predicted molar refractivity (Wildman–Crippen MR) is 63.3 cm³/mol. The number of carbonyl (C=O) groups is 1. The number of amides is 1. The summed E-state index contributed by atoms with van der Waals surface area (Å²) in [5.41, 5.74) is 0.456. The fourth-order valence-corrected chi connectivity index (χ4v) is 1.34. The van der Waals surface area contributed by atoms with Gasteiger partial charge in [-0.05, 0) is 31.8 Å². The standard InChI is InChI=1S/C12H16ClNO/c1-10(6-5-9-13)14-12(15)11-7-3-2-4-8-11/h2-4,7-8,10H,5-6,9H2,1H3,(H,14,15)/t10-/m1/s1/i1D3. The Labute approximate surface area is 99.9 Å². The molecule has 1 atom stereocenters. The van der Waals surface area contributed by atoms with Crippen LogP contribution in [0, 0.1) is 0 Å². The van der Waals surface area contributed by atoms with Crippen LogP contribution in [0.4, 0.5) is 0 Å². The topological polar surface area (TPSA) is 29.1 Å². The summed E-state index contributed by atoms with van der Waals surface area (Å²) in [7, 11) is 0. The Hall–Kier alpha value is -1.02. The maximum absolute atomic E-state index is 11.9. The summed E-state index contributed by atoms with van der Waals surface area (Å²) in [6.07, 6.45) is 0.901. The van der Waals surface area contributed by atoms with E-state index in [0.29, 0.717) is 24.3 Å². The van der Waals surface area contributed by atoms with E-state index in [1.165, 1.54) is 0 Å². The highest BCUT2D eigenvalue weighted by atomic mass is 35.5. The van der Waals surface area contributed by atoms with E-state index in [4.69, 9.17) is 15.7 Å². The molecule has 2 nitrogen and oxygen atoms in total. The average molecular weight is 229 g/mol. The molecule has 0 heterocycles. The molecular weight excluding hydrogens is 210 g/mol. The Morgan fingerprint density at radius 3 is 2.87 bits per heavy atom. The van der Waals surface area contributed by atoms with Crippen LogP contribution in [-0.4, -0.2) is 17.8 Å². The number of hydrogen-bond donors (Lipinski definition) is 1. The van der Waals surface area contributed by atoms with Crippen LogP contribution in [0.1, 0.15) is 34.2 Å². The minimum absolute atomic E-state index is 0.346. The van der Waals surface area contributed by atoms with Crippen molar-refractivity contribution in [2.75, 3.05) is 5.88 Å². The summed E-state index contributed by atoms with van der Waals surface area (Å²) < 4.78 is 22.2. The highest BCUT2D eigenvalue weighted by Gasteiger charge is 2.08. The zero-order valence-electron chi connectivity index (χ0n) is 11.4. The second-order valence-electron chi connectivity index (χ2n) is 3.22. The summed E-state index contributed by atoms with van der Waals surface area (Å²) in [5.74, 6) is 0.0136. The monoisotopic (exact) mass is 228 g/mol. The zero-order valence-corrected chi connectivity index (χ0v) is 9.13. The molecule has 0 radical (unpaired) electrons. The van der Waals surface area contributed by atoms with Crippen LogP contribution in [0.25, 0.3) is 0 Å². The third kappa shape index (κ3) is 4.34. The Morgan fingerprint density at radius 2 is 2.27 bits per heavy atom. The normalized spacial score (nSPS) is 15.9. The molecule has 1 N–H and O–H groups in total. The van der Waals surface area contributed by atoms with Gasteiger partial charge in [0.05, 0.1) is 0 Å². The lowest BCUT2D eigenvalue weighted by Crippen LogP contribution is -2.32. The van der Waals surface area contributed by atoms with E-state index in [0.717, 1.165) is 0 Å². The molecule has 1 aromatic rings. The van der Waals surface area contributed by atoms with E-state index in [2.05, 4.69) is 5.32 Å². The lowest BCUT2D eigenvalue weighted by molar-refractivity contribution is 0.0938. The van der Waals surface area contributed by atoms with Crippen molar-refractivity contribution in [3.63, 3.8) is 0 Å². The van der Waals surface area contributed by atoms with E-state index in [-0.39, 0.29) is 5.91 Å². The summed E-state index contributed by atoms with van der Waals surface area (Å²) in [6.45, 7) is -2.21. The van der Waals surface area contributed by atoms with E-state index >= 15 is 0 Å². The van der Waals surface area contributed by atoms with Crippen LogP contribution in [0.3, 0.4) is 0 Å². The van der Waals surface area contributed by atoms with E-state index in [1.54, 1.807) is 30.3 Å². The maximum Gasteiger partial charge on any atom is 0.251 e. The van der Waals surface area contributed by atoms with Gasteiger partial charge < -0.3 is 5.32 Å². The van der Waals surface area contributed by atoms with Crippen molar-refractivity contribution < 1.29 is 8.91 Å². The Morgan fingerprint density at radius 1 is 1.53 bits per heavy atom. The molecule has 0 fully saturated rings. The van der Waals surface area contributed by atoms with Gasteiger partial charge in [-0.3, -0.25) is 4.79 Å². The molecule has 0 aliphatic carbocycles. The molecule has 0 aliphatic rings. The summed E-state index contributed by atoms with van der Waals surface area (Å²) >= 11 is 5.55. The van der Waals surface area contributed by atoms with Crippen molar-refractivity contribution in [3.8, 4) is 0 Å². The molecule has 0 aliphatic heterocycles. The van der Waals surface area contributed by atoms with Crippen molar-refractivity contribution in [2.24, 2.45) is 0 Å². The first-order valence-corrected chi connectivity index (χ1v) is 5.40. The fraction of sp³-hybridized carbons (Fsp3) is 0.417. The Kier molecular flexibility index (Phi) is 3.52. The lowest BCUT2D eigenvalue weighted by Gasteiger charge is -2.12. The smallest absolute Gasteiger partial charge is 0.251 e. The summed E-state index contributed by atoms with van der Waals surface area (Å²) in [4.78, 5) is 11.9. The third-order valence-electron chi connectivity index (χ3n) is 1.97. The minimum Gasteiger partial charge on any atom is -0.350 e. The molecule has 1 amide bonds. The van der Waals surface area contributed by atoms with Gasteiger partial charge in [0.15, 0.2) is 0 Å². The third-order valence-corrected chi connectivity index (χ3v) is 2.23. The number of rotatable bonds is 5. The minimum atomic E-state index is -2.21. The molecule has 3 heteroatoms. The highest BCUT2D eigenvalue weighted by Crippen LogP contribution is 2.02. The summed E-state index contributed by atoms with van der Waals surface area (Å²) in [6, 6.07) is 7.70. The van der Waals surface area contributed by atoms with E-state index in [9.17, 15) is 4.79 Å². The van der Waals surface area contributed by atoms with Gasteiger partial charge in [-0.2, -0.15) is 0 Å². The molecule has 0 unspecified atom stereocenters. The largest absolute Gasteiger partial charge is 0.350 e. The number of benzene rings is 1. The van der Waals surface area contributed by atoms with Gasteiger partial charge in [0.25, 0.3) is 5.91 Å². The molecule has 1 aromatic carbocycles. The van der Waals surface area contributed by atoms with Crippen LogP contribution >= 0.6 is 11.6 Å². The first kappa shape index (κ1) is 8.17. The van der Waals surface area contributed by atoms with Crippen molar-refractivity contribution in [1.82, 2.24) is 5.32 Å². The van der Waals surface area contributed by atoms with Crippen molar-refractivity contribution in [1.29, 1.82) is 0 Å². The molecule has 0 bridgehead atoms.